The van der Waals surface area contributed by atoms with E-state index in [4.69, 9.17) is 14.2 Å². The molecule has 8 heteroatoms. The molecule has 2 aromatic rings. The molecular formula is C23H23NO6S. The van der Waals surface area contributed by atoms with Crippen molar-refractivity contribution in [3.05, 3.63) is 64.3 Å². The first kappa shape index (κ1) is 22.3. The van der Waals surface area contributed by atoms with Gasteiger partial charge in [-0.25, -0.2) is 9.79 Å². The highest BCUT2D eigenvalue weighted by molar-refractivity contribution is 8.18. The van der Waals surface area contributed by atoms with Crippen LogP contribution >= 0.6 is 11.8 Å². The van der Waals surface area contributed by atoms with E-state index in [0.717, 1.165) is 11.8 Å². The maximum absolute atomic E-state index is 12.5. The van der Waals surface area contributed by atoms with Crippen molar-refractivity contribution in [3.8, 4) is 17.2 Å². The summed E-state index contributed by atoms with van der Waals surface area (Å²) in [6.07, 6.45) is 1.69. The van der Waals surface area contributed by atoms with Gasteiger partial charge in [0.2, 0.25) is 0 Å². The molecule has 0 saturated heterocycles. The van der Waals surface area contributed by atoms with Crippen LogP contribution in [0.1, 0.15) is 19.4 Å². The van der Waals surface area contributed by atoms with Crippen molar-refractivity contribution < 1.29 is 29.2 Å². The number of aliphatic imine (C=N–C) groups is 1. The minimum Gasteiger partial charge on any atom is -0.506 e. The number of carbonyl (C=O) groups excluding carboxylic acids is 1. The first-order chi connectivity index (χ1) is 15.0. The van der Waals surface area contributed by atoms with Crippen LogP contribution in [-0.4, -0.2) is 41.5 Å². The van der Waals surface area contributed by atoms with Gasteiger partial charge in [0, 0.05) is 0 Å². The van der Waals surface area contributed by atoms with Gasteiger partial charge in [-0.05, 0) is 61.9 Å². The van der Waals surface area contributed by atoms with E-state index in [1.54, 1.807) is 56.5 Å². The monoisotopic (exact) mass is 441 g/mol. The lowest BCUT2D eigenvalue weighted by Crippen LogP contribution is -2.12. The first-order valence-electron chi connectivity index (χ1n) is 9.66. The highest BCUT2D eigenvalue weighted by atomic mass is 32.2. The van der Waals surface area contributed by atoms with Crippen molar-refractivity contribution in [1.82, 2.24) is 0 Å². The summed E-state index contributed by atoms with van der Waals surface area (Å²) in [5.74, 6) is 0.188. The van der Waals surface area contributed by atoms with Crippen LogP contribution in [0.5, 0.6) is 17.2 Å². The average molecular weight is 442 g/mol. The smallest absolute Gasteiger partial charge is 0.344 e. The van der Waals surface area contributed by atoms with Crippen molar-refractivity contribution in [2.45, 2.75) is 13.8 Å². The molecule has 1 aliphatic rings. The fourth-order valence-electron chi connectivity index (χ4n) is 2.81. The molecule has 0 bridgehead atoms. The summed E-state index contributed by atoms with van der Waals surface area (Å²) in [6.45, 7) is 4.09. The van der Waals surface area contributed by atoms with Gasteiger partial charge in [-0.1, -0.05) is 17.8 Å². The van der Waals surface area contributed by atoms with E-state index < -0.39 is 5.97 Å². The summed E-state index contributed by atoms with van der Waals surface area (Å²) in [6, 6.07) is 11.9. The zero-order valence-electron chi connectivity index (χ0n) is 17.4. The number of hydrogen-bond acceptors (Lipinski definition) is 8. The molecule has 0 fully saturated rings. The number of aliphatic hydroxyl groups is 1. The van der Waals surface area contributed by atoms with Crippen LogP contribution in [0, 0.1) is 0 Å². The second-order valence-electron chi connectivity index (χ2n) is 6.33. The Bertz CT molecular complexity index is 1060. The molecule has 0 saturated carbocycles. The minimum absolute atomic E-state index is 0.0118. The Kier molecular flexibility index (Phi) is 7.25. The third kappa shape index (κ3) is 5.21. The molecule has 3 rings (SSSR count). The second kappa shape index (κ2) is 10.1. The number of carbonyl (C=O) groups is 1. The Morgan fingerprint density at radius 3 is 2.48 bits per heavy atom. The van der Waals surface area contributed by atoms with Crippen molar-refractivity contribution >= 4 is 34.5 Å². The molecule has 1 heterocycles. The lowest BCUT2D eigenvalue weighted by Gasteiger charge is -2.07. The number of aliphatic hydroxyl groups excluding tert-OH is 1. The van der Waals surface area contributed by atoms with E-state index in [1.807, 2.05) is 6.92 Å². The van der Waals surface area contributed by atoms with Crippen LogP contribution in [0.2, 0.25) is 0 Å². The van der Waals surface area contributed by atoms with Crippen LogP contribution in [0.3, 0.4) is 0 Å². The molecule has 0 aliphatic carbocycles. The SMILES string of the molecule is CCOC(=O)C1=C(O)C(=Cc2ccc(O)c(OCC)c2)SC1=Nc1ccc(OC)cc1. The number of nitrogens with zero attached hydrogens (tertiary/aromatic N) is 1. The Balaban J connectivity index is 2.01. The van der Waals surface area contributed by atoms with E-state index >= 15 is 0 Å². The largest absolute Gasteiger partial charge is 0.506 e. The van der Waals surface area contributed by atoms with Gasteiger partial charge in [0.25, 0.3) is 0 Å². The van der Waals surface area contributed by atoms with Gasteiger partial charge in [-0.3, -0.25) is 0 Å². The zero-order valence-corrected chi connectivity index (χ0v) is 18.2. The summed E-state index contributed by atoms with van der Waals surface area (Å²) in [5.41, 5.74) is 1.30. The fourth-order valence-corrected chi connectivity index (χ4v) is 3.84. The van der Waals surface area contributed by atoms with E-state index in [9.17, 15) is 15.0 Å². The van der Waals surface area contributed by atoms with E-state index in [0.29, 0.717) is 39.3 Å². The Morgan fingerprint density at radius 1 is 1.10 bits per heavy atom. The summed E-state index contributed by atoms with van der Waals surface area (Å²) in [7, 11) is 1.57. The molecule has 1 aliphatic heterocycles. The molecular weight excluding hydrogens is 418 g/mol. The molecule has 7 nitrogen and oxygen atoms in total. The number of esters is 1. The van der Waals surface area contributed by atoms with Gasteiger partial charge < -0.3 is 24.4 Å². The highest BCUT2D eigenvalue weighted by Gasteiger charge is 2.33. The molecule has 0 radical (unpaired) electrons. The van der Waals surface area contributed by atoms with Gasteiger partial charge in [0.15, 0.2) is 11.5 Å². The molecule has 2 aromatic carbocycles. The normalized spacial score (nSPS) is 16.1. The van der Waals surface area contributed by atoms with Gasteiger partial charge in [-0.2, -0.15) is 0 Å². The molecule has 162 valence electrons. The number of hydrogen-bond donors (Lipinski definition) is 2. The van der Waals surface area contributed by atoms with Crippen molar-refractivity contribution in [2.75, 3.05) is 20.3 Å². The Labute approximate surface area is 184 Å². The summed E-state index contributed by atoms with van der Waals surface area (Å²) in [5, 5.41) is 21.0. The van der Waals surface area contributed by atoms with Crippen LogP contribution in [-0.2, 0) is 9.53 Å². The minimum atomic E-state index is -0.649. The van der Waals surface area contributed by atoms with Gasteiger partial charge in [0.1, 0.15) is 22.1 Å². The maximum atomic E-state index is 12.5. The molecule has 31 heavy (non-hydrogen) atoms. The van der Waals surface area contributed by atoms with Crippen LogP contribution in [0.15, 0.2) is 63.7 Å². The fraction of sp³-hybridized carbons (Fsp3) is 0.217. The number of methoxy groups -OCH3 is 1. The number of aromatic hydroxyl groups is 1. The summed E-state index contributed by atoms with van der Waals surface area (Å²) in [4.78, 5) is 17.5. The predicted octanol–water partition coefficient (Wildman–Crippen LogP) is 4.99. The number of rotatable bonds is 7. The third-order valence-electron chi connectivity index (χ3n) is 4.25. The Morgan fingerprint density at radius 2 is 1.84 bits per heavy atom. The molecule has 0 spiro atoms. The van der Waals surface area contributed by atoms with E-state index in [-0.39, 0.29) is 23.7 Å². The first-order valence-corrected chi connectivity index (χ1v) is 10.5. The molecule has 0 amide bonds. The van der Waals surface area contributed by atoms with Gasteiger partial charge >= 0.3 is 5.97 Å². The van der Waals surface area contributed by atoms with Crippen molar-refractivity contribution in [1.29, 1.82) is 0 Å². The summed E-state index contributed by atoms with van der Waals surface area (Å²) >= 11 is 1.16. The number of ether oxygens (including phenoxy) is 3. The standard InChI is InChI=1S/C23H23NO6S/c1-4-29-18-12-14(6-11-17(18)25)13-19-21(26)20(23(27)30-5-2)22(31-19)24-15-7-9-16(28-3)10-8-15/h6-13,25-26H,4-5H2,1-3H3. The number of phenols is 1. The van der Waals surface area contributed by atoms with Gasteiger partial charge in [0.05, 0.1) is 30.9 Å². The predicted molar refractivity (Wildman–Crippen MR) is 121 cm³/mol. The second-order valence-corrected chi connectivity index (χ2v) is 7.36. The lowest BCUT2D eigenvalue weighted by atomic mass is 10.1. The van der Waals surface area contributed by atoms with Crippen LogP contribution in [0.4, 0.5) is 5.69 Å². The molecule has 0 unspecified atom stereocenters. The summed E-state index contributed by atoms with van der Waals surface area (Å²) < 4.78 is 15.7. The average Bonchev–Trinajstić information content (AvgIpc) is 3.06. The van der Waals surface area contributed by atoms with E-state index in [1.165, 1.54) is 6.07 Å². The third-order valence-corrected chi connectivity index (χ3v) is 5.27. The molecule has 0 aromatic heterocycles. The molecule has 0 atom stereocenters. The number of benzene rings is 2. The maximum Gasteiger partial charge on any atom is 0.344 e. The lowest BCUT2D eigenvalue weighted by molar-refractivity contribution is -0.138. The number of phenolic OH excluding ortho intramolecular Hbond substituents is 1. The topological polar surface area (TPSA) is 97.6 Å². The van der Waals surface area contributed by atoms with Gasteiger partial charge in [-0.15, -0.1) is 0 Å². The van der Waals surface area contributed by atoms with Crippen LogP contribution < -0.4 is 9.47 Å². The Hall–Kier alpha value is -3.39. The van der Waals surface area contributed by atoms with E-state index in [2.05, 4.69) is 4.99 Å². The van der Waals surface area contributed by atoms with Crippen LogP contribution in [0.25, 0.3) is 6.08 Å². The van der Waals surface area contributed by atoms with Crippen molar-refractivity contribution in [3.63, 3.8) is 0 Å². The quantitative estimate of drug-likeness (QED) is 0.584. The number of thioether (sulfide) groups is 1. The zero-order chi connectivity index (χ0) is 22.4. The highest BCUT2D eigenvalue weighted by Crippen LogP contribution is 2.41. The molecule has 2 N–H and O–H groups in total. The van der Waals surface area contributed by atoms with Crippen molar-refractivity contribution in [2.24, 2.45) is 4.99 Å².